The Labute approximate surface area is 103 Å². The fraction of sp³-hybridized carbons (Fsp3) is 0.600. The number of nitrogen functional groups attached to an aromatic ring is 2. The van der Waals surface area contributed by atoms with Crippen LogP contribution in [0.1, 0.15) is 51.0 Å². The normalized spacial score (nSPS) is 36.1. The molecule has 92 valence electrons. The standard InChI is InChI=1S/C15H22N2/c1-14-4-7-15(8-5-14,9-6-14)11-2-3-12(16)13(17)10-11/h2-3,10H,4-9,16-17H2,1H3. The first-order valence-corrected chi connectivity index (χ1v) is 6.69. The molecule has 0 unspecified atom stereocenters. The van der Waals surface area contributed by atoms with Crippen LogP contribution in [0.25, 0.3) is 0 Å². The number of rotatable bonds is 1. The molecule has 4 N–H and O–H groups in total. The predicted octanol–water partition coefficient (Wildman–Crippen LogP) is 3.46. The maximum atomic E-state index is 5.95. The summed E-state index contributed by atoms with van der Waals surface area (Å²) in [6.45, 7) is 2.45. The van der Waals surface area contributed by atoms with Gasteiger partial charge in [-0.25, -0.2) is 0 Å². The average molecular weight is 230 g/mol. The molecule has 0 spiro atoms. The topological polar surface area (TPSA) is 52.0 Å². The first-order valence-electron chi connectivity index (χ1n) is 6.69. The monoisotopic (exact) mass is 230 g/mol. The van der Waals surface area contributed by atoms with Crippen LogP contribution in [-0.4, -0.2) is 0 Å². The number of fused-ring (bicyclic) bond motifs is 3. The molecular formula is C15H22N2. The van der Waals surface area contributed by atoms with E-state index in [0.717, 1.165) is 5.69 Å². The molecule has 3 fully saturated rings. The summed E-state index contributed by atoms with van der Waals surface area (Å²) in [7, 11) is 0. The van der Waals surface area contributed by atoms with Gasteiger partial charge in [0.15, 0.2) is 0 Å². The molecule has 3 aliphatic carbocycles. The lowest BCUT2D eigenvalue weighted by Crippen LogP contribution is -2.42. The minimum atomic E-state index is 0.402. The van der Waals surface area contributed by atoms with E-state index in [-0.39, 0.29) is 0 Å². The first-order chi connectivity index (χ1) is 8.03. The third-order valence-electron chi connectivity index (χ3n) is 5.32. The molecule has 2 heteroatoms. The summed E-state index contributed by atoms with van der Waals surface area (Å²) in [5, 5.41) is 0. The quantitative estimate of drug-likeness (QED) is 0.726. The number of hydrogen-bond acceptors (Lipinski definition) is 2. The van der Waals surface area contributed by atoms with Crippen molar-refractivity contribution in [1.82, 2.24) is 0 Å². The Balaban J connectivity index is 1.96. The van der Waals surface area contributed by atoms with E-state index in [4.69, 9.17) is 11.5 Å². The van der Waals surface area contributed by atoms with Crippen molar-refractivity contribution in [2.45, 2.75) is 50.9 Å². The molecule has 0 aliphatic heterocycles. The van der Waals surface area contributed by atoms with Crippen LogP contribution in [0.5, 0.6) is 0 Å². The van der Waals surface area contributed by atoms with Gasteiger partial charge in [0.2, 0.25) is 0 Å². The molecule has 0 radical (unpaired) electrons. The average Bonchev–Trinajstić information content (AvgIpc) is 2.34. The third kappa shape index (κ3) is 1.62. The van der Waals surface area contributed by atoms with Gasteiger partial charge in [-0.1, -0.05) is 13.0 Å². The van der Waals surface area contributed by atoms with E-state index in [2.05, 4.69) is 19.1 Å². The summed E-state index contributed by atoms with van der Waals surface area (Å²) in [6, 6.07) is 6.28. The largest absolute Gasteiger partial charge is 0.397 e. The van der Waals surface area contributed by atoms with Crippen molar-refractivity contribution >= 4 is 11.4 Å². The molecule has 0 heterocycles. The van der Waals surface area contributed by atoms with Crippen LogP contribution in [0.15, 0.2) is 18.2 Å². The summed E-state index contributed by atoms with van der Waals surface area (Å²) in [5.74, 6) is 0. The van der Waals surface area contributed by atoms with Gasteiger partial charge in [0.25, 0.3) is 0 Å². The van der Waals surface area contributed by atoms with E-state index >= 15 is 0 Å². The highest BCUT2D eigenvalue weighted by atomic mass is 14.7. The summed E-state index contributed by atoms with van der Waals surface area (Å²) in [5.41, 5.74) is 15.7. The molecule has 17 heavy (non-hydrogen) atoms. The third-order valence-corrected chi connectivity index (χ3v) is 5.32. The highest BCUT2D eigenvalue weighted by molar-refractivity contribution is 5.64. The Hall–Kier alpha value is -1.18. The molecule has 0 saturated heterocycles. The molecule has 1 aromatic rings. The van der Waals surface area contributed by atoms with Gasteiger partial charge >= 0.3 is 0 Å². The van der Waals surface area contributed by atoms with Crippen LogP contribution >= 0.6 is 0 Å². The van der Waals surface area contributed by atoms with Crippen LogP contribution in [-0.2, 0) is 5.41 Å². The van der Waals surface area contributed by atoms with Crippen LogP contribution in [0, 0.1) is 5.41 Å². The Bertz CT molecular complexity index is 426. The van der Waals surface area contributed by atoms with Gasteiger partial charge in [-0.05, 0) is 67.1 Å². The van der Waals surface area contributed by atoms with Gasteiger partial charge in [0.1, 0.15) is 0 Å². The first kappa shape index (κ1) is 10.9. The van der Waals surface area contributed by atoms with Crippen molar-refractivity contribution in [1.29, 1.82) is 0 Å². The van der Waals surface area contributed by atoms with Crippen molar-refractivity contribution in [3.8, 4) is 0 Å². The minimum absolute atomic E-state index is 0.402. The van der Waals surface area contributed by atoms with Crippen molar-refractivity contribution < 1.29 is 0 Å². The van der Waals surface area contributed by atoms with E-state index in [1.165, 1.54) is 44.1 Å². The van der Waals surface area contributed by atoms with Gasteiger partial charge < -0.3 is 11.5 Å². The molecule has 1 aromatic carbocycles. The molecular weight excluding hydrogens is 208 g/mol. The summed E-state index contributed by atoms with van der Waals surface area (Å²) >= 11 is 0. The maximum Gasteiger partial charge on any atom is 0.0550 e. The zero-order valence-electron chi connectivity index (χ0n) is 10.6. The van der Waals surface area contributed by atoms with E-state index in [1.54, 1.807) is 0 Å². The summed E-state index contributed by atoms with van der Waals surface area (Å²) in [4.78, 5) is 0. The van der Waals surface area contributed by atoms with E-state index in [9.17, 15) is 0 Å². The van der Waals surface area contributed by atoms with E-state index in [1.807, 2.05) is 6.07 Å². The van der Waals surface area contributed by atoms with Crippen LogP contribution < -0.4 is 11.5 Å². The Morgan fingerprint density at radius 1 is 0.882 bits per heavy atom. The fourth-order valence-corrected chi connectivity index (χ4v) is 3.71. The number of hydrogen-bond donors (Lipinski definition) is 2. The highest BCUT2D eigenvalue weighted by Gasteiger charge is 2.46. The van der Waals surface area contributed by atoms with Crippen molar-refractivity contribution in [3.63, 3.8) is 0 Å². The van der Waals surface area contributed by atoms with E-state index < -0.39 is 0 Å². The zero-order valence-corrected chi connectivity index (χ0v) is 10.6. The maximum absolute atomic E-state index is 5.95. The second-order valence-corrected chi connectivity index (χ2v) is 6.43. The smallest absolute Gasteiger partial charge is 0.0550 e. The second-order valence-electron chi connectivity index (χ2n) is 6.43. The molecule has 2 bridgehead atoms. The Morgan fingerprint density at radius 3 is 2.00 bits per heavy atom. The molecule has 2 nitrogen and oxygen atoms in total. The van der Waals surface area contributed by atoms with Gasteiger partial charge in [-0.3, -0.25) is 0 Å². The molecule has 0 atom stereocenters. The molecule has 3 saturated carbocycles. The Morgan fingerprint density at radius 2 is 1.47 bits per heavy atom. The van der Waals surface area contributed by atoms with Crippen molar-refractivity contribution in [2.24, 2.45) is 5.41 Å². The van der Waals surface area contributed by atoms with Gasteiger partial charge in [0, 0.05) is 0 Å². The lowest BCUT2D eigenvalue weighted by atomic mass is 9.52. The fourth-order valence-electron chi connectivity index (χ4n) is 3.71. The van der Waals surface area contributed by atoms with Gasteiger partial charge in [0.05, 0.1) is 11.4 Å². The van der Waals surface area contributed by atoms with Gasteiger partial charge in [-0.15, -0.1) is 0 Å². The van der Waals surface area contributed by atoms with Crippen molar-refractivity contribution in [2.75, 3.05) is 11.5 Å². The SMILES string of the molecule is CC12CCC(c3ccc(N)c(N)c3)(CC1)CC2. The van der Waals surface area contributed by atoms with Crippen LogP contribution in [0.3, 0.4) is 0 Å². The summed E-state index contributed by atoms with van der Waals surface area (Å²) in [6.07, 6.45) is 8.10. The highest BCUT2D eigenvalue weighted by Crippen LogP contribution is 2.57. The van der Waals surface area contributed by atoms with Crippen LogP contribution in [0.4, 0.5) is 11.4 Å². The summed E-state index contributed by atoms with van der Waals surface area (Å²) < 4.78 is 0. The van der Waals surface area contributed by atoms with Crippen LogP contribution in [0.2, 0.25) is 0 Å². The molecule has 3 aliphatic rings. The Kier molecular flexibility index (Phi) is 2.19. The second kappa shape index (κ2) is 3.41. The van der Waals surface area contributed by atoms with Crippen molar-refractivity contribution in [3.05, 3.63) is 23.8 Å². The molecule has 4 rings (SSSR count). The minimum Gasteiger partial charge on any atom is -0.397 e. The van der Waals surface area contributed by atoms with E-state index in [0.29, 0.717) is 16.5 Å². The lowest BCUT2D eigenvalue weighted by Gasteiger charge is -2.52. The molecule has 0 amide bonds. The number of nitrogens with two attached hydrogens (primary N) is 2. The number of anilines is 2. The van der Waals surface area contributed by atoms with Gasteiger partial charge in [-0.2, -0.15) is 0 Å². The lowest BCUT2D eigenvalue weighted by molar-refractivity contribution is 0.0557. The zero-order chi connectivity index (χ0) is 12.1. The molecule has 0 aromatic heterocycles. The number of benzene rings is 1. The predicted molar refractivity (Wildman–Crippen MR) is 72.8 cm³/mol.